The van der Waals surface area contributed by atoms with Gasteiger partial charge in [-0.15, -0.1) is 11.3 Å². The highest BCUT2D eigenvalue weighted by Gasteiger charge is 2.22. The monoisotopic (exact) mass is 333 g/mol. The van der Waals surface area contributed by atoms with Gasteiger partial charge in [-0.2, -0.15) is 0 Å². The summed E-state index contributed by atoms with van der Waals surface area (Å²) in [7, 11) is 0.537. The van der Waals surface area contributed by atoms with Crippen molar-refractivity contribution in [3.05, 3.63) is 15.8 Å². The first-order chi connectivity index (χ1) is 9.74. The lowest BCUT2D eigenvalue weighted by Gasteiger charge is -2.12. The Morgan fingerprint density at radius 3 is 2.57 bits per heavy atom. The van der Waals surface area contributed by atoms with E-state index in [0.717, 1.165) is 23.4 Å². The fourth-order valence-corrected chi connectivity index (χ4v) is 4.77. The van der Waals surface area contributed by atoms with Gasteiger partial charge in [0.2, 0.25) is 10.0 Å². The molecule has 5 nitrogen and oxygen atoms in total. The zero-order valence-corrected chi connectivity index (χ0v) is 15.2. The molecule has 2 N–H and O–H groups in total. The molecule has 0 aliphatic heterocycles. The molecule has 7 heteroatoms. The molecule has 1 aromatic rings. The van der Waals surface area contributed by atoms with Gasteiger partial charge in [-0.25, -0.2) is 13.1 Å². The smallest absolute Gasteiger partial charge is 0.241 e. The summed E-state index contributed by atoms with van der Waals surface area (Å²) in [5.74, 6) is 0. The van der Waals surface area contributed by atoms with Crippen LogP contribution in [0.5, 0.6) is 0 Å². The van der Waals surface area contributed by atoms with Gasteiger partial charge in [-0.3, -0.25) is 0 Å². The zero-order chi connectivity index (χ0) is 16.0. The molecule has 0 radical (unpaired) electrons. The summed E-state index contributed by atoms with van der Waals surface area (Å²) < 4.78 is 27.7. The lowest BCUT2D eigenvalue weighted by Crippen LogP contribution is -2.29. The first-order valence-corrected chi connectivity index (χ1v) is 9.55. The average Bonchev–Trinajstić information content (AvgIpc) is 2.74. The van der Waals surface area contributed by atoms with Crippen LogP contribution in [0.1, 0.15) is 30.7 Å². The molecule has 0 aliphatic rings. The number of sulfonamides is 1. The van der Waals surface area contributed by atoms with Crippen molar-refractivity contribution in [1.29, 1.82) is 0 Å². The Balaban J connectivity index is 2.75. The summed E-state index contributed by atoms with van der Waals surface area (Å²) in [5, 5.41) is 5.19. The highest BCUT2D eigenvalue weighted by atomic mass is 32.2. The van der Waals surface area contributed by atoms with E-state index in [-0.39, 0.29) is 0 Å². The molecule has 0 aliphatic carbocycles. The molecule has 0 spiro atoms. The maximum Gasteiger partial charge on any atom is 0.241 e. The Hall–Kier alpha value is -0.470. The van der Waals surface area contributed by atoms with Crippen LogP contribution in [0.15, 0.2) is 10.3 Å². The van der Waals surface area contributed by atoms with E-state index in [1.165, 1.54) is 11.3 Å². The Morgan fingerprint density at radius 2 is 2.00 bits per heavy atom. The van der Waals surface area contributed by atoms with E-state index in [0.29, 0.717) is 24.0 Å². The minimum Gasteiger partial charge on any atom is -0.310 e. The minimum atomic E-state index is -3.42. The molecule has 0 fully saturated rings. The molecule has 0 saturated heterocycles. The van der Waals surface area contributed by atoms with Gasteiger partial charge in [-0.1, -0.05) is 13.8 Å². The van der Waals surface area contributed by atoms with Gasteiger partial charge in [0.1, 0.15) is 4.90 Å². The number of hydrogen-bond acceptors (Lipinski definition) is 5. The van der Waals surface area contributed by atoms with E-state index >= 15 is 0 Å². The lowest BCUT2D eigenvalue weighted by molar-refractivity contribution is 0.400. The second kappa shape index (κ2) is 8.24. The number of nitrogens with one attached hydrogen (secondary N) is 2. The van der Waals surface area contributed by atoms with Crippen molar-refractivity contribution in [3.63, 3.8) is 0 Å². The van der Waals surface area contributed by atoms with Gasteiger partial charge in [0.15, 0.2) is 0 Å². The quantitative estimate of drug-likeness (QED) is 0.676. The largest absolute Gasteiger partial charge is 0.310 e. The van der Waals surface area contributed by atoms with Crippen molar-refractivity contribution in [2.75, 3.05) is 27.2 Å². The predicted octanol–water partition coefficient (Wildman–Crippen LogP) is 1.78. The lowest BCUT2D eigenvalue weighted by atomic mass is 10.3. The first kappa shape index (κ1) is 18.6. The molecule has 21 heavy (non-hydrogen) atoms. The molecule has 0 unspecified atom stereocenters. The number of rotatable bonds is 9. The maximum atomic E-state index is 12.5. The maximum absolute atomic E-state index is 12.5. The summed E-state index contributed by atoms with van der Waals surface area (Å²) in [6.07, 6.45) is 0.801. The highest BCUT2D eigenvalue weighted by Crippen LogP contribution is 2.26. The summed E-state index contributed by atoms with van der Waals surface area (Å²) in [5.41, 5.74) is 0.820. The Bertz CT molecular complexity index is 536. The fourth-order valence-electron chi connectivity index (χ4n) is 1.94. The summed E-state index contributed by atoms with van der Waals surface area (Å²) >= 11 is 1.50. The summed E-state index contributed by atoms with van der Waals surface area (Å²) in [6.45, 7) is 7.87. The van der Waals surface area contributed by atoms with Crippen LogP contribution < -0.4 is 10.0 Å². The molecule has 0 atom stereocenters. The molecular formula is C14H27N3O2S2. The molecule has 0 bridgehead atoms. The van der Waals surface area contributed by atoms with Gasteiger partial charge < -0.3 is 10.2 Å². The van der Waals surface area contributed by atoms with Gasteiger partial charge in [0.05, 0.1) is 0 Å². The Labute approximate surface area is 132 Å². The summed E-state index contributed by atoms with van der Waals surface area (Å²) in [4.78, 5) is 3.37. The van der Waals surface area contributed by atoms with E-state index in [4.69, 9.17) is 0 Å². The third-order valence-corrected chi connectivity index (χ3v) is 5.93. The van der Waals surface area contributed by atoms with Crippen LogP contribution in [0.4, 0.5) is 0 Å². The number of thiophene rings is 1. The van der Waals surface area contributed by atoms with Crippen LogP contribution in [0.25, 0.3) is 0 Å². The molecule has 0 amide bonds. The zero-order valence-electron chi connectivity index (χ0n) is 13.6. The van der Waals surface area contributed by atoms with E-state index < -0.39 is 10.0 Å². The van der Waals surface area contributed by atoms with Crippen molar-refractivity contribution < 1.29 is 8.42 Å². The fraction of sp³-hybridized carbons (Fsp3) is 0.714. The van der Waals surface area contributed by atoms with Gasteiger partial charge in [0.25, 0.3) is 0 Å². The van der Waals surface area contributed by atoms with Crippen molar-refractivity contribution in [3.8, 4) is 0 Å². The van der Waals surface area contributed by atoms with E-state index in [9.17, 15) is 8.42 Å². The van der Waals surface area contributed by atoms with Gasteiger partial charge in [0, 0.05) is 24.0 Å². The van der Waals surface area contributed by atoms with Crippen LogP contribution in [-0.4, -0.2) is 46.5 Å². The molecule has 1 aromatic heterocycles. The highest BCUT2D eigenvalue weighted by molar-refractivity contribution is 7.89. The predicted molar refractivity (Wildman–Crippen MR) is 89.4 cm³/mol. The van der Waals surface area contributed by atoms with Crippen LogP contribution in [-0.2, 0) is 16.6 Å². The van der Waals surface area contributed by atoms with Crippen LogP contribution in [0.2, 0.25) is 0 Å². The van der Waals surface area contributed by atoms with Crippen LogP contribution >= 0.6 is 11.3 Å². The number of hydrogen-bond donors (Lipinski definition) is 2. The normalized spacial score (nSPS) is 12.5. The topological polar surface area (TPSA) is 61.4 Å². The first-order valence-electron chi connectivity index (χ1n) is 7.18. The molecule has 0 saturated carbocycles. The van der Waals surface area contributed by atoms with E-state index in [2.05, 4.69) is 10.0 Å². The van der Waals surface area contributed by atoms with Crippen molar-refractivity contribution in [2.24, 2.45) is 0 Å². The molecule has 122 valence electrons. The third-order valence-electron chi connectivity index (χ3n) is 3.00. The van der Waals surface area contributed by atoms with Crippen LogP contribution in [0.3, 0.4) is 0 Å². The van der Waals surface area contributed by atoms with Crippen LogP contribution in [0, 0.1) is 6.92 Å². The molecular weight excluding hydrogens is 306 g/mol. The minimum absolute atomic E-state index is 0.330. The summed E-state index contributed by atoms with van der Waals surface area (Å²) in [6, 6.07) is 0.330. The van der Waals surface area contributed by atoms with Gasteiger partial charge in [-0.05, 0) is 44.9 Å². The van der Waals surface area contributed by atoms with E-state index in [1.807, 2.05) is 45.1 Å². The average molecular weight is 334 g/mol. The van der Waals surface area contributed by atoms with Crippen molar-refractivity contribution in [1.82, 2.24) is 14.9 Å². The Kier molecular flexibility index (Phi) is 7.29. The molecule has 0 aromatic carbocycles. The van der Waals surface area contributed by atoms with E-state index in [1.54, 1.807) is 0 Å². The third kappa shape index (κ3) is 6.04. The molecule has 1 rings (SSSR count). The number of aryl methyl sites for hydroxylation is 1. The van der Waals surface area contributed by atoms with Crippen molar-refractivity contribution in [2.45, 2.75) is 44.7 Å². The standard InChI is InChI=1S/C14H27N3O2S2/c1-11(2)15-9-13-14(12(3)10-20-13)21(18,19)16-7-6-8-17(4)5/h10-11,15-16H,6-9H2,1-5H3. The second-order valence-electron chi connectivity index (χ2n) is 5.76. The van der Waals surface area contributed by atoms with Crippen molar-refractivity contribution >= 4 is 21.4 Å². The van der Waals surface area contributed by atoms with Gasteiger partial charge >= 0.3 is 0 Å². The second-order valence-corrected chi connectivity index (χ2v) is 8.43. The molecule has 1 heterocycles. The number of nitrogens with zero attached hydrogens (tertiary/aromatic N) is 1. The SMILES string of the molecule is Cc1csc(CNC(C)C)c1S(=O)(=O)NCCCN(C)C. The Morgan fingerprint density at radius 1 is 1.33 bits per heavy atom.